The summed E-state index contributed by atoms with van der Waals surface area (Å²) in [6.07, 6.45) is 0.481. The number of primary sulfonamides is 1. The van der Waals surface area contributed by atoms with E-state index in [1.165, 1.54) is 6.07 Å². The van der Waals surface area contributed by atoms with E-state index < -0.39 is 16.0 Å². The molecule has 4 N–H and O–H groups in total. The third kappa shape index (κ3) is 6.14. The van der Waals surface area contributed by atoms with E-state index in [0.717, 1.165) is 0 Å². The molecule has 0 bridgehead atoms. The maximum absolute atomic E-state index is 11.6. The van der Waals surface area contributed by atoms with Gasteiger partial charge in [-0.25, -0.2) is 13.6 Å². The van der Waals surface area contributed by atoms with Crippen LogP contribution in [0.1, 0.15) is 33.6 Å². The molecule has 118 valence electrons. The van der Waals surface area contributed by atoms with Gasteiger partial charge in [-0.15, -0.1) is 0 Å². The standard InChI is InChI=1S/C14H22N2O4S/c1-14(2,3)9-10(8-13(17)18)16-11-6-4-5-7-12(11)21(15,19)20/h4-7,10,16H,8-9H2,1-3H3,(H,17,18)(H2,15,19,20). The van der Waals surface area contributed by atoms with Gasteiger partial charge in [0.2, 0.25) is 10.0 Å². The number of sulfonamides is 1. The summed E-state index contributed by atoms with van der Waals surface area (Å²) in [5.74, 6) is -0.940. The van der Waals surface area contributed by atoms with Crippen LogP contribution in [0.2, 0.25) is 0 Å². The molecule has 0 aromatic heterocycles. The van der Waals surface area contributed by atoms with Crippen molar-refractivity contribution >= 4 is 21.7 Å². The highest BCUT2D eigenvalue weighted by Gasteiger charge is 2.23. The van der Waals surface area contributed by atoms with Gasteiger partial charge in [0, 0.05) is 6.04 Å². The molecule has 1 atom stereocenters. The second kappa shape index (κ2) is 6.44. The molecule has 0 aliphatic heterocycles. The fraction of sp³-hybridized carbons (Fsp3) is 0.500. The van der Waals surface area contributed by atoms with Crippen LogP contribution in [-0.4, -0.2) is 25.5 Å². The quantitative estimate of drug-likeness (QED) is 0.744. The first kappa shape index (κ1) is 17.5. The summed E-state index contributed by atoms with van der Waals surface area (Å²) in [6.45, 7) is 5.99. The zero-order valence-corrected chi connectivity index (χ0v) is 13.3. The molecule has 0 saturated heterocycles. The molecule has 0 aliphatic rings. The van der Waals surface area contributed by atoms with Crippen molar-refractivity contribution < 1.29 is 18.3 Å². The van der Waals surface area contributed by atoms with E-state index in [9.17, 15) is 13.2 Å². The first-order valence-electron chi connectivity index (χ1n) is 6.59. The summed E-state index contributed by atoms with van der Waals surface area (Å²) in [5, 5.41) is 17.2. The van der Waals surface area contributed by atoms with Gasteiger partial charge < -0.3 is 10.4 Å². The lowest BCUT2D eigenvalue weighted by atomic mass is 9.87. The summed E-state index contributed by atoms with van der Waals surface area (Å²) >= 11 is 0. The number of carboxylic acids is 1. The molecule has 1 aromatic carbocycles. The van der Waals surface area contributed by atoms with Crippen molar-refractivity contribution in [2.45, 2.75) is 44.6 Å². The minimum Gasteiger partial charge on any atom is -0.481 e. The van der Waals surface area contributed by atoms with E-state index >= 15 is 0 Å². The summed E-state index contributed by atoms with van der Waals surface area (Å²) in [4.78, 5) is 11.0. The van der Waals surface area contributed by atoms with Crippen LogP contribution in [0.5, 0.6) is 0 Å². The molecule has 7 heteroatoms. The van der Waals surface area contributed by atoms with Crippen LogP contribution >= 0.6 is 0 Å². The Labute approximate surface area is 125 Å². The molecule has 0 fully saturated rings. The van der Waals surface area contributed by atoms with Gasteiger partial charge in [-0.2, -0.15) is 0 Å². The lowest BCUT2D eigenvalue weighted by Crippen LogP contribution is -2.29. The van der Waals surface area contributed by atoms with Gasteiger partial charge in [0.25, 0.3) is 0 Å². The molecule has 0 amide bonds. The molecular weight excluding hydrogens is 292 g/mol. The third-order valence-electron chi connectivity index (χ3n) is 2.83. The SMILES string of the molecule is CC(C)(C)CC(CC(=O)O)Nc1ccccc1S(N)(=O)=O. The Morgan fingerprint density at radius 2 is 1.90 bits per heavy atom. The average molecular weight is 314 g/mol. The number of nitrogens with two attached hydrogens (primary N) is 1. The number of anilines is 1. The van der Waals surface area contributed by atoms with Crippen molar-refractivity contribution in [1.29, 1.82) is 0 Å². The Morgan fingerprint density at radius 3 is 2.38 bits per heavy atom. The normalized spacial score (nSPS) is 13.7. The molecule has 1 unspecified atom stereocenters. The molecule has 6 nitrogen and oxygen atoms in total. The van der Waals surface area contributed by atoms with Crippen molar-refractivity contribution in [1.82, 2.24) is 0 Å². The van der Waals surface area contributed by atoms with Crippen LogP contribution in [-0.2, 0) is 14.8 Å². The van der Waals surface area contributed by atoms with Crippen LogP contribution in [0.4, 0.5) is 5.69 Å². The van der Waals surface area contributed by atoms with E-state index in [0.29, 0.717) is 12.1 Å². The van der Waals surface area contributed by atoms with E-state index in [1.807, 2.05) is 20.8 Å². The van der Waals surface area contributed by atoms with Crippen molar-refractivity contribution in [3.05, 3.63) is 24.3 Å². The Kier molecular flexibility index (Phi) is 5.36. The smallest absolute Gasteiger partial charge is 0.305 e. The predicted molar refractivity (Wildman–Crippen MR) is 81.6 cm³/mol. The van der Waals surface area contributed by atoms with Crippen molar-refractivity contribution in [3.8, 4) is 0 Å². The zero-order valence-electron chi connectivity index (χ0n) is 12.5. The van der Waals surface area contributed by atoms with Crippen LogP contribution in [0.3, 0.4) is 0 Å². The Balaban J connectivity index is 3.07. The number of carbonyl (C=O) groups is 1. The van der Waals surface area contributed by atoms with E-state index in [2.05, 4.69) is 5.32 Å². The van der Waals surface area contributed by atoms with Gasteiger partial charge in [0.15, 0.2) is 0 Å². The second-order valence-electron chi connectivity index (χ2n) is 6.25. The van der Waals surface area contributed by atoms with Gasteiger partial charge >= 0.3 is 5.97 Å². The lowest BCUT2D eigenvalue weighted by molar-refractivity contribution is -0.137. The summed E-state index contributed by atoms with van der Waals surface area (Å²) in [7, 11) is -3.86. The topological polar surface area (TPSA) is 109 Å². The highest BCUT2D eigenvalue weighted by atomic mass is 32.2. The number of para-hydroxylation sites is 1. The number of aliphatic carboxylic acids is 1. The van der Waals surface area contributed by atoms with Crippen molar-refractivity contribution in [2.75, 3.05) is 5.32 Å². The number of rotatable bonds is 6. The number of carboxylic acid groups (broad SMARTS) is 1. The number of hydrogen-bond acceptors (Lipinski definition) is 4. The minimum absolute atomic E-state index is 0.0331. The predicted octanol–water partition coefficient (Wildman–Crippen LogP) is 2.03. The Bertz CT molecular complexity index is 606. The highest BCUT2D eigenvalue weighted by molar-refractivity contribution is 7.89. The molecule has 0 spiro atoms. The van der Waals surface area contributed by atoms with E-state index in [4.69, 9.17) is 10.2 Å². The summed E-state index contributed by atoms with van der Waals surface area (Å²) < 4.78 is 23.1. The van der Waals surface area contributed by atoms with Crippen LogP contribution in [0.25, 0.3) is 0 Å². The zero-order chi connectivity index (χ0) is 16.3. The largest absolute Gasteiger partial charge is 0.481 e. The minimum atomic E-state index is -3.86. The summed E-state index contributed by atoms with van der Waals surface area (Å²) in [6, 6.07) is 5.84. The van der Waals surface area contributed by atoms with Crippen molar-refractivity contribution in [3.63, 3.8) is 0 Å². The Hall–Kier alpha value is -1.60. The monoisotopic (exact) mass is 314 g/mol. The number of nitrogens with one attached hydrogen (secondary N) is 1. The molecule has 0 saturated carbocycles. The maximum atomic E-state index is 11.6. The van der Waals surface area contributed by atoms with Gasteiger partial charge in [-0.3, -0.25) is 4.79 Å². The molecule has 0 radical (unpaired) electrons. The van der Waals surface area contributed by atoms with Gasteiger partial charge in [0.1, 0.15) is 4.90 Å². The molecule has 0 heterocycles. The maximum Gasteiger partial charge on any atom is 0.305 e. The Morgan fingerprint density at radius 1 is 1.33 bits per heavy atom. The molecule has 0 aliphatic carbocycles. The van der Waals surface area contributed by atoms with Crippen LogP contribution in [0.15, 0.2) is 29.2 Å². The van der Waals surface area contributed by atoms with Crippen LogP contribution in [0, 0.1) is 5.41 Å². The fourth-order valence-corrected chi connectivity index (χ4v) is 2.88. The van der Waals surface area contributed by atoms with Crippen molar-refractivity contribution in [2.24, 2.45) is 10.6 Å². The highest BCUT2D eigenvalue weighted by Crippen LogP contribution is 2.27. The molecular formula is C14H22N2O4S. The van der Waals surface area contributed by atoms with Gasteiger partial charge in [0.05, 0.1) is 12.1 Å². The second-order valence-corrected chi connectivity index (χ2v) is 7.77. The number of hydrogen-bond donors (Lipinski definition) is 3. The molecule has 21 heavy (non-hydrogen) atoms. The first-order valence-corrected chi connectivity index (χ1v) is 8.14. The fourth-order valence-electron chi connectivity index (χ4n) is 2.18. The van der Waals surface area contributed by atoms with Gasteiger partial charge in [-0.05, 0) is 24.0 Å². The molecule has 1 rings (SSSR count). The third-order valence-corrected chi connectivity index (χ3v) is 3.80. The lowest BCUT2D eigenvalue weighted by Gasteiger charge is -2.27. The first-order chi connectivity index (χ1) is 9.49. The summed E-state index contributed by atoms with van der Waals surface area (Å²) in [5.41, 5.74) is 0.236. The molecule has 1 aromatic rings. The van der Waals surface area contributed by atoms with Crippen LogP contribution < -0.4 is 10.5 Å². The van der Waals surface area contributed by atoms with E-state index in [1.54, 1.807) is 18.2 Å². The number of benzene rings is 1. The van der Waals surface area contributed by atoms with E-state index in [-0.39, 0.29) is 22.8 Å². The van der Waals surface area contributed by atoms with Gasteiger partial charge in [-0.1, -0.05) is 32.9 Å². The average Bonchev–Trinajstić information content (AvgIpc) is 2.24.